The first-order valence-electron chi connectivity index (χ1n) is 7.00. The van der Waals surface area contributed by atoms with E-state index in [4.69, 9.17) is 5.73 Å². The van der Waals surface area contributed by atoms with Crippen LogP contribution < -0.4 is 5.73 Å². The fourth-order valence-corrected chi connectivity index (χ4v) is 2.95. The Hall–Kier alpha value is -0.0800. The number of hydrogen-bond acceptors (Lipinski definition) is 2. The average molecular weight is 226 g/mol. The van der Waals surface area contributed by atoms with Crippen molar-refractivity contribution in [1.29, 1.82) is 0 Å². The lowest BCUT2D eigenvalue weighted by Gasteiger charge is -2.38. The van der Waals surface area contributed by atoms with Gasteiger partial charge in [0.1, 0.15) is 0 Å². The molecule has 3 atom stereocenters. The number of nitrogens with zero attached hydrogens (tertiary/aromatic N) is 1. The van der Waals surface area contributed by atoms with Gasteiger partial charge in [0.05, 0.1) is 0 Å². The molecule has 1 aliphatic carbocycles. The maximum absolute atomic E-state index is 5.95. The number of hydrogen-bond donors (Lipinski definition) is 1. The third-order valence-corrected chi connectivity index (χ3v) is 4.55. The molecule has 1 aliphatic rings. The Bertz CT molecular complexity index is 191. The van der Waals surface area contributed by atoms with Crippen LogP contribution in [-0.4, -0.2) is 30.6 Å². The van der Waals surface area contributed by atoms with Gasteiger partial charge in [0.15, 0.2) is 0 Å². The molecule has 0 aromatic heterocycles. The van der Waals surface area contributed by atoms with Crippen molar-refractivity contribution >= 4 is 0 Å². The molecule has 0 radical (unpaired) electrons. The van der Waals surface area contributed by atoms with Crippen LogP contribution in [0.5, 0.6) is 0 Å². The summed E-state index contributed by atoms with van der Waals surface area (Å²) in [6.45, 7) is 7.84. The summed E-state index contributed by atoms with van der Waals surface area (Å²) in [7, 11) is 2.29. The van der Waals surface area contributed by atoms with E-state index in [0.29, 0.717) is 18.0 Å². The first kappa shape index (κ1) is 14.0. The normalized spacial score (nSPS) is 29.4. The molecular weight excluding hydrogens is 196 g/mol. The van der Waals surface area contributed by atoms with Crippen LogP contribution in [0.25, 0.3) is 0 Å². The fourth-order valence-electron chi connectivity index (χ4n) is 2.95. The van der Waals surface area contributed by atoms with Crippen molar-refractivity contribution in [3.63, 3.8) is 0 Å². The highest BCUT2D eigenvalue weighted by molar-refractivity contribution is 4.84. The zero-order valence-electron chi connectivity index (χ0n) is 11.6. The van der Waals surface area contributed by atoms with Crippen LogP contribution in [0.15, 0.2) is 0 Å². The zero-order chi connectivity index (χ0) is 12.1. The zero-order valence-corrected chi connectivity index (χ0v) is 11.6. The second-order valence-electron chi connectivity index (χ2n) is 5.85. The van der Waals surface area contributed by atoms with Crippen molar-refractivity contribution in [2.45, 2.75) is 65.0 Å². The Morgan fingerprint density at radius 1 is 1.12 bits per heavy atom. The highest BCUT2D eigenvalue weighted by Crippen LogP contribution is 2.28. The highest BCUT2D eigenvalue weighted by Gasteiger charge is 2.29. The fraction of sp³-hybridized carbons (Fsp3) is 1.00. The van der Waals surface area contributed by atoms with Gasteiger partial charge in [-0.3, -0.25) is 0 Å². The van der Waals surface area contributed by atoms with Gasteiger partial charge in [-0.15, -0.1) is 0 Å². The van der Waals surface area contributed by atoms with Gasteiger partial charge in [-0.1, -0.05) is 33.1 Å². The van der Waals surface area contributed by atoms with Gasteiger partial charge < -0.3 is 10.6 Å². The summed E-state index contributed by atoms with van der Waals surface area (Å²) in [6, 6.07) is 1.38. The van der Waals surface area contributed by atoms with Gasteiger partial charge in [-0.25, -0.2) is 0 Å². The van der Waals surface area contributed by atoms with Gasteiger partial charge in [0.25, 0.3) is 0 Å². The van der Waals surface area contributed by atoms with Gasteiger partial charge >= 0.3 is 0 Å². The maximum Gasteiger partial charge on any atom is 0.0135 e. The molecule has 0 aliphatic heterocycles. The maximum atomic E-state index is 5.95. The SMILES string of the molecule is CC(C)C(C)N(C)C1CCCCCC1CN. The molecular formula is C14H30N2. The lowest BCUT2D eigenvalue weighted by Crippen LogP contribution is -2.46. The quantitative estimate of drug-likeness (QED) is 0.747. The van der Waals surface area contributed by atoms with Crippen molar-refractivity contribution in [3.8, 4) is 0 Å². The molecule has 0 aromatic rings. The van der Waals surface area contributed by atoms with Crippen molar-refractivity contribution < 1.29 is 0 Å². The topological polar surface area (TPSA) is 29.3 Å². The van der Waals surface area contributed by atoms with Crippen molar-refractivity contribution in [2.75, 3.05) is 13.6 Å². The third-order valence-electron chi connectivity index (χ3n) is 4.55. The molecule has 2 N–H and O–H groups in total. The average Bonchev–Trinajstić information content (AvgIpc) is 2.51. The van der Waals surface area contributed by atoms with Gasteiger partial charge in [0, 0.05) is 12.1 Å². The van der Waals surface area contributed by atoms with Crippen molar-refractivity contribution in [2.24, 2.45) is 17.6 Å². The molecule has 0 aromatic carbocycles. The van der Waals surface area contributed by atoms with Gasteiger partial charge in [-0.2, -0.15) is 0 Å². The molecule has 2 heteroatoms. The van der Waals surface area contributed by atoms with Crippen molar-refractivity contribution in [1.82, 2.24) is 4.90 Å². The van der Waals surface area contributed by atoms with Crippen molar-refractivity contribution in [3.05, 3.63) is 0 Å². The molecule has 0 spiro atoms. The Morgan fingerprint density at radius 3 is 2.31 bits per heavy atom. The molecule has 1 fully saturated rings. The molecule has 96 valence electrons. The van der Waals surface area contributed by atoms with E-state index in [1.54, 1.807) is 0 Å². The van der Waals surface area contributed by atoms with Crippen LogP contribution in [0.1, 0.15) is 52.9 Å². The Kier molecular flexibility index (Phi) is 5.77. The van der Waals surface area contributed by atoms with E-state index >= 15 is 0 Å². The molecule has 3 unspecified atom stereocenters. The Balaban J connectivity index is 2.65. The number of rotatable bonds is 4. The summed E-state index contributed by atoms with van der Waals surface area (Å²) in [5, 5.41) is 0. The minimum absolute atomic E-state index is 0.664. The molecule has 0 amide bonds. The number of nitrogens with two attached hydrogens (primary N) is 1. The van der Waals surface area contributed by atoms with E-state index in [-0.39, 0.29) is 0 Å². The van der Waals surface area contributed by atoms with Crippen LogP contribution in [0.4, 0.5) is 0 Å². The van der Waals surface area contributed by atoms with E-state index in [1.807, 2.05) is 0 Å². The Labute approximate surface area is 102 Å². The van der Waals surface area contributed by atoms with Crippen LogP contribution in [-0.2, 0) is 0 Å². The summed E-state index contributed by atoms with van der Waals surface area (Å²) < 4.78 is 0. The van der Waals surface area contributed by atoms with Gasteiger partial charge in [-0.05, 0) is 45.2 Å². The summed E-state index contributed by atoms with van der Waals surface area (Å²) in [5.41, 5.74) is 5.95. The molecule has 0 bridgehead atoms. The molecule has 0 saturated heterocycles. The minimum atomic E-state index is 0.664. The van der Waals surface area contributed by atoms with Crippen LogP contribution in [0.3, 0.4) is 0 Å². The second kappa shape index (κ2) is 6.61. The molecule has 16 heavy (non-hydrogen) atoms. The summed E-state index contributed by atoms with van der Waals surface area (Å²) in [4.78, 5) is 2.59. The van der Waals surface area contributed by atoms with E-state index < -0.39 is 0 Å². The predicted octanol–water partition coefficient (Wildman–Crippen LogP) is 2.87. The third kappa shape index (κ3) is 3.46. The smallest absolute Gasteiger partial charge is 0.0135 e. The Morgan fingerprint density at radius 2 is 1.75 bits per heavy atom. The molecule has 0 heterocycles. The summed E-state index contributed by atoms with van der Waals surface area (Å²) in [5.74, 6) is 1.44. The minimum Gasteiger partial charge on any atom is -0.330 e. The summed E-state index contributed by atoms with van der Waals surface area (Å²) in [6.07, 6.45) is 6.83. The highest BCUT2D eigenvalue weighted by atomic mass is 15.2. The summed E-state index contributed by atoms with van der Waals surface area (Å²) >= 11 is 0. The van der Waals surface area contributed by atoms with E-state index in [0.717, 1.165) is 12.5 Å². The van der Waals surface area contributed by atoms with E-state index in [1.165, 1.54) is 32.1 Å². The lowest BCUT2D eigenvalue weighted by atomic mass is 9.91. The van der Waals surface area contributed by atoms with E-state index in [2.05, 4.69) is 32.7 Å². The molecule has 1 rings (SSSR count). The first-order valence-corrected chi connectivity index (χ1v) is 7.00. The predicted molar refractivity (Wildman–Crippen MR) is 71.5 cm³/mol. The van der Waals surface area contributed by atoms with Crippen LogP contribution >= 0.6 is 0 Å². The monoisotopic (exact) mass is 226 g/mol. The standard InChI is InChI=1S/C14H30N2/c1-11(2)12(3)16(4)14-9-7-5-6-8-13(14)10-15/h11-14H,5-10,15H2,1-4H3. The van der Waals surface area contributed by atoms with E-state index in [9.17, 15) is 0 Å². The van der Waals surface area contributed by atoms with Crippen LogP contribution in [0, 0.1) is 11.8 Å². The second-order valence-corrected chi connectivity index (χ2v) is 5.85. The van der Waals surface area contributed by atoms with Crippen LogP contribution in [0.2, 0.25) is 0 Å². The lowest BCUT2D eigenvalue weighted by molar-refractivity contribution is 0.101. The molecule has 1 saturated carbocycles. The molecule has 2 nitrogen and oxygen atoms in total. The largest absolute Gasteiger partial charge is 0.330 e. The van der Waals surface area contributed by atoms with Gasteiger partial charge in [0.2, 0.25) is 0 Å². The first-order chi connectivity index (χ1) is 7.57.